The van der Waals surface area contributed by atoms with Gasteiger partial charge in [0.1, 0.15) is 4.88 Å². The van der Waals surface area contributed by atoms with E-state index in [-0.39, 0.29) is 5.91 Å². The summed E-state index contributed by atoms with van der Waals surface area (Å²) in [5, 5.41) is 6.89. The maximum atomic E-state index is 12.5. The summed E-state index contributed by atoms with van der Waals surface area (Å²) in [5.41, 5.74) is 4.80. The molecular formula is C19H19N3OS. The number of carbonyl (C=O) groups is 1. The summed E-state index contributed by atoms with van der Waals surface area (Å²) in [6.45, 7) is 5.91. The minimum atomic E-state index is -0.133. The number of nitrogens with one attached hydrogen (secondary N) is 2. The predicted octanol–water partition coefficient (Wildman–Crippen LogP) is 5.06. The van der Waals surface area contributed by atoms with Gasteiger partial charge < -0.3 is 10.6 Å². The van der Waals surface area contributed by atoms with E-state index in [0.29, 0.717) is 10.0 Å². The van der Waals surface area contributed by atoms with E-state index in [1.165, 1.54) is 16.9 Å². The maximum Gasteiger partial charge on any atom is 0.267 e. The van der Waals surface area contributed by atoms with Crippen LogP contribution in [0.1, 0.15) is 26.5 Å². The second-order valence-corrected chi connectivity index (χ2v) is 6.75. The summed E-state index contributed by atoms with van der Waals surface area (Å²) in [7, 11) is 0. The molecule has 0 aliphatic carbocycles. The number of hydrogen-bond acceptors (Lipinski definition) is 4. The molecule has 1 amide bonds. The number of thiazole rings is 1. The lowest BCUT2D eigenvalue weighted by molar-refractivity contribution is 0.103. The van der Waals surface area contributed by atoms with Gasteiger partial charge in [-0.05, 0) is 50.6 Å². The van der Waals surface area contributed by atoms with Crippen LogP contribution in [0, 0.1) is 20.8 Å². The molecule has 0 radical (unpaired) electrons. The molecule has 5 heteroatoms. The van der Waals surface area contributed by atoms with Crippen molar-refractivity contribution in [3.63, 3.8) is 0 Å². The van der Waals surface area contributed by atoms with E-state index >= 15 is 0 Å². The van der Waals surface area contributed by atoms with Crippen molar-refractivity contribution < 1.29 is 4.79 Å². The van der Waals surface area contributed by atoms with Crippen LogP contribution < -0.4 is 10.6 Å². The highest BCUT2D eigenvalue weighted by atomic mass is 32.1. The second-order valence-electron chi connectivity index (χ2n) is 5.75. The van der Waals surface area contributed by atoms with Gasteiger partial charge in [0.15, 0.2) is 5.13 Å². The molecule has 3 rings (SSSR count). The van der Waals surface area contributed by atoms with Gasteiger partial charge in [-0.1, -0.05) is 41.2 Å². The minimum Gasteiger partial charge on any atom is -0.332 e. The van der Waals surface area contributed by atoms with Crippen LogP contribution in [0.15, 0.2) is 48.5 Å². The van der Waals surface area contributed by atoms with Crippen molar-refractivity contribution in [1.29, 1.82) is 0 Å². The molecule has 1 aromatic heterocycles. The Balaban J connectivity index is 1.75. The lowest BCUT2D eigenvalue weighted by Gasteiger charge is -2.04. The van der Waals surface area contributed by atoms with Gasteiger partial charge in [-0.3, -0.25) is 4.79 Å². The standard InChI is InChI=1S/C19H19N3OS/c1-12-7-9-15(10-8-12)21-18(23)17-14(3)20-19(24-17)22-16-6-4-5-13(2)11-16/h4-11H,1-3H3,(H,20,22)(H,21,23). The average molecular weight is 337 g/mol. The zero-order valence-electron chi connectivity index (χ0n) is 13.9. The Hall–Kier alpha value is -2.66. The maximum absolute atomic E-state index is 12.5. The molecule has 4 nitrogen and oxygen atoms in total. The second kappa shape index (κ2) is 6.84. The molecule has 0 atom stereocenters. The van der Waals surface area contributed by atoms with Crippen molar-refractivity contribution in [2.75, 3.05) is 10.6 Å². The topological polar surface area (TPSA) is 54.0 Å². The smallest absolute Gasteiger partial charge is 0.267 e. The number of hydrogen-bond donors (Lipinski definition) is 2. The van der Waals surface area contributed by atoms with Crippen molar-refractivity contribution in [2.45, 2.75) is 20.8 Å². The van der Waals surface area contributed by atoms with E-state index in [1.54, 1.807) is 0 Å². The van der Waals surface area contributed by atoms with Gasteiger partial charge in [0.05, 0.1) is 5.69 Å². The first kappa shape index (κ1) is 16.2. The van der Waals surface area contributed by atoms with Crippen molar-refractivity contribution in [2.24, 2.45) is 0 Å². The molecular weight excluding hydrogens is 318 g/mol. The summed E-state index contributed by atoms with van der Waals surface area (Å²) in [6, 6.07) is 15.8. The third-order valence-electron chi connectivity index (χ3n) is 3.58. The number of rotatable bonds is 4. The third-order valence-corrected chi connectivity index (χ3v) is 4.65. The Bertz CT molecular complexity index is 869. The Morgan fingerprint density at radius 1 is 0.958 bits per heavy atom. The average Bonchev–Trinajstić information content (AvgIpc) is 2.90. The molecule has 122 valence electrons. The van der Waals surface area contributed by atoms with Crippen LogP contribution in [-0.2, 0) is 0 Å². The Kier molecular flexibility index (Phi) is 4.62. The van der Waals surface area contributed by atoms with Crippen LogP contribution in [0.2, 0.25) is 0 Å². The van der Waals surface area contributed by atoms with Crippen LogP contribution in [0.5, 0.6) is 0 Å². The van der Waals surface area contributed by atoms with Crippen molar-refractivity contribution in [1.82, 2.24) is 4.98 Å². The van der Waals surface area contributed by atoms with Crippen molar-refractivity contribution in [3.8, 4) is 0 Å². The number of aryl methyl sites for hydroxylation is 3. The first-order chi connectivity index (χ1) is 11.5. The van der Waals surface area contributed by atoms with Crippen LogP contribution in [-0.4, -0.2) is 10.9 Å². The molecule has 2 N–H and O–H groups in total. The molecule has 0 fully saturated rings. The third kappa shape index (κ3) is 3.81. The lowest BCUT2D eigenvalue weighted by atomic mass is 10.2. The van der Waals surface area contributed by atoms with E-state index < -0.39 is 0 Å². The highest BCUT2D eigenvalue weighted by Gasteiger charge is 2.15. The van der Waals surface area contributed by atoms with Gasteiger partial charge in [-0.25, -0.2) is 4.98 Å². The largest absolute Gasteiger partial charge is 0.332 e. The quantitative estimate of drug-likeness (QED) is 0.699. The summed E-state index contributed by atoms with van der Waals surface area (Å²) < 4.78 is 0. The van der Waals surface area contributed by atoms with E-state index in [1.807, 2.05) is 69.3 Å². The SMILES string of the molecule is Cc1ccc(NC(=O)c2sc(Nc3cccc(C)c3)nc2C)cc1. The first-order valence-corrected chi connectivity index (χ1v) is 8.52. The monoisotopic (exact) mass is 337 g/mol. The highest BCUT2D eigenvalue weighted by molar-refractivity contribution is 7.17. The number of amides is 1. The highest BCUT2D eigenvalue weighted by Crippen LogP contribution is 2.27. The fourth-order valence-corrected chi connectivity index (χ4v) is 3.21. The molecule has 0 saturated heterocycles. The molecule has 1 heterocycles. The lowest BCUT2D eigenvalue weighted by Crippen LogP contribution is -2.11. The van der Waals surface area contributed by atoms with Crippen LogP contribution >= 0.6 is 11.3 Å². The number of benzene rings is 2. The normalized spacial score (nSPS) is 10.5. The first-order valence-electron chi connectivity index (χ1n) is 7.70. The zero-order valence-corrected chi connectivity index (χ0v) is 14.7. The van der Waals surface area contributed by atoms with Gasteiger partial charge in [-0.15, -0.1) is 0 Å². The number of nitrogens with zero attached hydrogens (tertiary/aromatic N) is 1. The van der Waals surface area contributed by atoms with Gasteiger partial charge >= 0.3 is 0 Å². The molecule has 0 bridgehead atoms. The molecule has 0 aliphatic heterocycles. The molecule has 0 spiro atoms. The van der Waals surface area contributed by atoms with E-state index in [9.17, 15) is 4.79 Å². The Labute approximate surface area is 145 Å². The summed E-state index contributed by atoms with van der Waals surface area (Å²) >= 11 is 1.36. The van der Waals surface area contributed by atoms with Crippen LogP contribution in [0.4, 0.5) is 16.5 Å². The number of aromatic nitrogens is 1. The predicted molar refractivity (Wildman–Crippen MR) is 100 cm³/mol. The van der Waals surface area contributed by atoms with Gasteiger partial charge in [0.25, 0.3) is 5.91 Å². The Morgan fingerprint density at radius 3 is 2.42 bits per heavy atom. The van der Waals surface area contributed by atoms with Crippen LogP contribution in [0.3, 0.4) is 0 Å². The summed E-state index contributed by atoms with van der Waals surface area (Å²) in [4.78, 5) is 17.5. The molecule has 0 unspecified atom stereocenters. The zero-order chi connectivity index (χ0) is 17.1. The molecule has 2 aromatic carbocycles. The minimum absolute atomic E-state index is 0.133. The summed E-state index contributed by atoms with van der Waals surface area (Å²) in [6.07, 6.45) is 0. The van der Waals surface area contributed by atoms with Crippen LogP contribution in [0.25, 0.3) is 0 Å². The Morgan fingerprint density at radius 2 is 1.71 bits per heavy atom. The van der Waals surface area contributed by atoms with Gasteiger partial charge in [-0.2, -0.15) is 0 Å². The van der Waals surface area contributed by atoms with E-state index in [0.717, 1.165) is 22.6 Å². The van der Waals surface area contributed by atoms with Crippen molar-refractivity contribution >= 4 is 33.8 Å². The fourth-order valence-electron chi connectivity index (χ4n) is 2.33. The molecule has 0 aliphatic rings. The fraction of sp³-hybridized carbons (Fsp3) is 0.158. The van der Waals surface area contributed by atoms with Gasteiger partial charge in [0.2, 0.25) is 0 Å². The van der Waals surface area contributed by atoms with E-state index in [2.05, 4.69) is 15.6 Å². The van der Waals surface area contributed by atoms with Crippen molar-refractivity contribution in [3.05, 3.63) is 70.2 Å². The molecule has 3 aromatic rings. The number of carbonyl (C=O) groups excluding carboxylic acids is 1. The summed E-state index contributed by atoms with van der Waals surface area (Å²) in [5.74, 6) is -0.133. The van der Waals surface area contributed by atoms with Gasteiger partial charge in [0, 0.05) is 11.4 Å². The number of anilines is 3. The van der Waals surface area contributed by atoms with E-state index in [4.69, 9.17) is 0 Å². The molecule has 0 saturated carbocycles. The molecule has 24 heavy (non-hydrogen) atoms.